The van der Waals surface area contributed by atoms with Crippen LogP contribution in [-0.2, 0) is 9.53 Å². The van der Waals surface area contributed by atoms with E-state index in [-0.39, 0.29) is 13.0 Å². The Balaban J connectivity index is 2.62. The zero-order valence-corrected chi connectivity index (χ0v) is 6.49. The lowest BCUT2D eigenvalue weighted by atomic mass is 9.91. The summed E-state index contributed by atoms with van der Waals surface area (Å²) >= 11 is 0. The fourth-order valence-electron chi connectivity index (χ4n) is 1.23. The number of rotatable bonds is 2. The molecule has 0 saturated carbocycles. The lowest BCUT2D eigenvalue weighted by molar-refractivity contribution is -0.168. The molecule has 1 fully saturated rings. The molecule has 2 unspecified atom stereocenters. The third kappa shape index (κ3) is 1.73. The summed E-state index contributed by atoms with van der Waals surface area (Å²) in [7, 11) is 0. The van der Waals surface area contributed by atoms with Crippen molar-refractivity contribution in [2.45, 2.75) is 24.6 Å². The zero-order chi connectivity index (χ0) is 9.19. The lowest BCUT2D eigenvalue weighted by Crippen LogP contribution is -2.50. The Morgan fingerprint density at radius 3 is 2.75 bits per heavy atom. The molecule has 12 heavy (non-hydrogen) atoms. The Kier molecular flexibility index (Phi) is 2.64. The van der Waals surface area contributed by atoms with Crippen molar-refractivity contribution in [3.8, 4) is 0 Å². The number of carbonyl (C=O) groups is 1. The van der Waals surface area contributed by atoms with Gasteiger partial charge in [-0.05, 0) is 12.8 Å². The Morgan fingerprint density at radius 2 is 2.33 bits per heavy atom. The summed E-state index contributed by atoms with van der Waals surface area (Å²) in [6.07, 6.45) is -1.62. The van der Waals surface area contributed by atoms with E-state index in [2.05, 4.69) is 0 Å². The highest BCUT2D eigenvalue weighted by molar-refractivity contribution is 5.73. The summed E-state index contributed by atoms with van der Waals surface area (Å²) in [6.45, 7) is 0.217. The van der Waals surface area contributed by atoms with Gasteiger partial charge in [0.25, 0.3) is 0 Å². The van der Waals surface area contributed by atoms with Crippen LogP contribution in [0.5, 0.6) is 0 Å². The van der Waals surface area contributed by atoms with E-state index < -0.39 is 17.7 Å². The minimum absolute atomic E-state index is 0.139. The van der Waals surface area contributed by atoms with Crippen LogP contribution in [0.1, 0.15) is 12.8 Å². The van der Waals surface area contributed by atoms with Gasteiger partial charge in [-0.3, -0.25) is 0 Å². The zero-order valence-electron chi connectivity index (χ0n) is 6.49. The molecule has 0 amide bonds. The number of halogens is 1. The van der Waals surface area contributed by atoms with Crippen molar-refractivity contribution in [3.05, 3.63) is 0 Å². The van der Waals surface area contributed by atoms with Gasteiger partial charge < -0.3 is 14.9 Å². The van der Waals surface area contributed by atoms with E-state index in [1.54, 1.807) is 0 Å². The van der Waals surface area contributed by atoms with E-state index in [0.29, 0.717) is 13.0 Å². The fraction of sp³-hybridized carbons (Fsp3) is 0.857. The number of aliphatic hydroxyl groups is 1. The first kappa shape index (κ1) is 9.41. The van der Waals surface area contributed by atoms with Crippen LogP contribution >= 0.6 is 0 Å². The third-order valence-electron chi connectivity index (χ3n) is 1.94. The molecule has 0 spiro atoms. The highest BCUT2D eigenvalue weighted by Gasteiger charge is 2.43. The summed E-state index contributed by atoms with van der Waals surface area (Å²) < 4.78 is 17.7. The first-order valence-electron chi connectivity index (χ1n) is 3.73. The van der Waals surface area contributed by atoms with E-state index in [1.807, 2.05) is 0 Å². The van der Waals surface area contributed by atoms with Crippen molar-refractivity contribution in [2.75, 3.05) is 13.2 Å². The van der Waals surface area contributed by atoms with Crippen LogP contribution in [0.4, 0.5) is 4.39 Å². The van der Waals surface area contributed by atoms with Crippen molar-refractivity contribution in [1.82, 2.24) is 0 Å². The van der Waals surface area contributed by atoms with E-state index in [0.717, 1.165) is 0 Å². The average molecular weight is 178 g/mol. The molecule has 1 saturated heterocycles. The van der Waals surface area contributed by atoms with E-state index in [1.165, 1.54) is 0 Å². The maximum atomic E-state index is 12.9. The maximum Gasteiger partial charge on any atom is 0.341 e. The molecule has 1 aliphatic rings. The van der Waals surface area contributed by atoms with Crippen LogP contribution in [0.25, 0.3) is 0 Å². The van der Waals surface area contributed by atoms with E-state index in [9.17, 15) is 14.3 Å². The quantitative estimate of drug-likeness (QED) is 0.622. The smallest absolute Gasteiger partial charge is 0.341 e. The van der Waals surface area contributed by atoms with Crippen molar-refractivity contribution in [1.29, 1.82) is 0 Å². The molecule has 1 heterocycles. The molecule has 0 aliphatic carbocycles. The molecule has 2 atom stereocenters. The summed E-state index contributed by atoms with van der Waals surface area (Å²) in [6, 6.07) is 0. The maximum absolute atomic E-state index is 12.9. The van der Waals surface area contributed by atoms with Crippen LogP contribution in [0.15, 0.2) is 0 Å². The van der Waals surface area contributed by atoms with Crippen LogP contribution in [0.2, 0.25) is 0 Å². The SMILES string of the molecule is O=C(O)C(F)C1(O)CCCOC1. The average Bonchev–Trinajstić information content (AvgIpc) is 2.04. The molecule has 0 aromatic rings. The van der Waals surface area contributed by atoms with Gasteiger partial charge in [-0.25, -0.2) is 9.18 Å². The van der Waals surface area contributed by atoms with Crippen LogP contribution in [0, 0.1) is 0 Å². The van der Waals surface area contributed by atoms with Crippen molar-refractivity contribution in [2.24, 2.45) is 0 Å². The Labute approximate surface area is 69.0 Å². The van der Waals surface area contributed by atoms with Gasteiger partial charge in [-0.2, -0.15) is 0 Å². The summed E-state index contributed by atoms with van der Waals surface area (Å²) in [5.74, 6) is -1.64. The van der Waals surface area contributed by atoms with Gasteiger partial charge in [0.15, 0.2) is 0 Å². The fourth-order valence-corrected chi connectivity index (χ4v) is 1.23. The molecule has 0 aromatic heterocycles. The Hall–Kier alpha value is -0.680. The second-order valence-corrected chi connectivity index (χ2v) is 2.96. The van der Waals surface area contributed by atoms with Crippen molar-refractivity contribution in [3.63, 3.8) is 0 Å². The molecular weight excluding hydrogens is 167 g/mol. The minimum Gasteiger partial charge on any atom is -0.479 e. The predicted molar refractivity (Wildman–Crippen MR) is 37.5 cm³/mol. The number of carboxylic acid groups (broad SMARTS) is 1. The molecule has 4 nitrogen and oxygen atoms in total. The number of aliphatic carboxylic acids is 1. The largest absolute Gasteiger partial charge is 0.479 e. The monoisotopic (exact) mass is 178 g/mol. The van der Waals surface area contributed by atoms with E-state index in [4.69, 9.17) is 9.84 Å². The molecule has 0 bridgehead atoms. The van der Waals surface area contributed by atoms with E-state index >= 15 is 0 Å². The standard InChI is InChI=1S/C7H11FO4/c8-5(6(9)10)7(11)2-1-3-12-4-7/h5,11H,1-4H2,(H,9,10). The van der Waals surface area contributed by atoms with Crippen LogP contribution in [-0.4, -0.2) is 41.2 Å². The van der Waals surface area contributed by atoms with Gasteiger partial charge >= 0.3 is 5.97 Å². The van der Waals surface area contributed by atoms with Gasteiger partial charge in [0.1, 0.15) is 5.60 Å². The van der Waals surface area contributed by atoms with Gasteiger partial charge in [-0.1, -0.05) is 0 Å². The molecule has 1 aliphatic heterocycles. The Bertz CT molecular complexity index is 176. The minimum atomic E-state index is -2.25. The normalized spacial score (nSPS) is 32.8. The van der Waals surface area contributed by atoms with Gasteiger partial charge in [0.2, 0.25) is 6.17 Å². The molecule has 2 N–H and O–H groups in total. The van der Waals surface area contributed by atoms with Crippen molar-refractivity contribution >= 4 is 5.97 Å². The Morgan fingerprint density at radius 1 is 1.67 bits per heavy atom. The lowest BCUT2D eigenvalue weighted by Gasteiger charge is -2.32. The van der Waals surface area contributed by atoms with Gasteiger partial charge in [0, 0.05) is 6.61 Å². The number of hydrogen-bond donors (Lipinski definition) is 2. The van der Waals surface area contributed by atoms with Crippen LogP contribution in [0.3, 0.4) is 0 Å². The molecule has 0 aromatic carbocycles. The molecule has 0 radical (unpaired) electrons. The number of carboxylic acids is 1. The highest BCUT2D eigenvalue weighted by atomic mass is 19.1. The molecule has 1 rings (SSSR count). The molecule has 5 heteroatoms. The highest BCUT2D eigenvalue weighted by Crippen LogP contribution is 2.24. The first-order valence-corrected chi connectivity index (χ1v) is 3.73. The van der Waals surface area contributed by atoms with Crippen LogP contribution < -0.4 is 0 Å². The second kappa shape index (κ2) is 3.37. The number of ether oxygens (including phenoxy) is 1. The second-order valence-electron chi connectivity index (χ2n) is 2.96. The van der Waals surface area contributed by atoms with Gasteiger partial charge in [-0.15, -0.1) is 0 Å². The third-order valence-corrected chi connectivity index (χ3v) is 1.94. The topological polar surface area (TPSA) is 66.8 Å². The summed E-state index contributed by atoms with van der Waals surface area (Å²) in [4.78, 5) is 10.2. The number of alkyl halides is 1. The summed E-state index contributed by atoms with van der Waals surface area (Å²) in [5.41, 5.74) is -1.83. The first-order chi connectivity index (χ1) is 5.56. The van der Waals surface area contributed by atoms with Gasteiger partial charge in [0.05, 0.1) is 6.61 Å². The molecular formula is C7H11FO4. The predicted octanol–water partition coefficient (Wildman–Crippen LogP) is -0.0494. The molecule has 70 valence electrons. The summed E-state index contributed by atoms with van der Waals surface area (Å²) in [5, 5.41) is 17.7. The number of hydrogen-bond acceptors (Lipinski definition) is 3. The van der Waals surface area contributed by atoms with Crippen molar-refractivity contribution < 1.29 is 24.1 Å².